The summed E-state index contributed by atoms with van der Waals surface area (Å²) in [4.78, 5) is 15.6. The highest BCUT2D eigenvalue weighted by atomic mass is 16.4. The van der Waals surface area contributed by atoms with Crippen LogP contribution in [0.5, 0.6) is 0 Å². The van der Waals surface area contributed by atoms with Gasteiger partial charge in [-0.2, -0.15) is 0 Å². The van der Waals surface area contributed by atoms with E-state index in [0.717, 1.165) is 26.1 Å². The first-order chi connectivity index (χ1) is 7.45. The molecule has 1 rings (SSSR count). The molecule has 94 valence electrons. The van der Waals surface area contributed by atoms with E-state index in [1.54, 1.807) is 0 Å². The van der Waals surface area contributed by atoms with Gasteiger partial charge in [-0.15, -0.1) is 0 Å². The molecule has 2 atom stereocenters. The van der Waals surface area contributed by atoms with E-state index in [9.17, 15) is 4.79 Å². The van der Waals surface area contributed by atoms with Crippen molar-refractivity contribution in [1.82, 2.24) is 9.80 Å². The normalized spacial score (nSPS) is 31.2. The summed E-state index contributed by atoms with van der Waals surface area (Å²) in [5, 5.41) is 9.11. The largest absolute Gasteiger partial charge is 0.481 e. The van der Waals surface area contributed by atoms with Gasteiger partial charge in [-0.25, -0.2) is 0 Å². The summed E-state index contributed by atoms with van der Waals surface area (Å²) in [6.07, 6.45) is 1.21. The zero-order valence-electron chi connectivity index (χ0n) is 10.9. The van der Waals surface area contributed by atoms with E-state index in [0.29, 0.717) is 6.04 Å². The van der Waals surface area contributed by atoms with Crippen LogP contribution in [0.15, 0.2) is 0 Å². The number of hydrogen-bond acceptors (Lipinski definition) is 3. The van der Waals surface area contributed by atoms with E-state index < -0.39 is 5.97 Å². The lowest BCUT2D eigenvalue weighted by Crippen LogP contribution is -2.51. The first-order valence-corrected chi connectivity index (χ1v) is 6.12. The Hall–Kier alpha value is -0.610. The Morgan fingerprint density at radius 2 is 2.06 bits per heavy atom. The average Bonchev–Trinajstić information content (AvgIpc) is 2.43. The van der Waals surface area contributed by atoms with Crippen molar-refractivity contribution in [2.45, 2.75) is 45.2 Å². The highest BCUT2D eigenvalue weighted by Gasteiger charge is 2.45. The Balaban J connectivity index is 2.89. The summed E-state index contributed by atoms with van der Waals surface area (Å²) in [6, 6.07) is 0.472. The second kappa shape index (κ2) is 5.15. The number of carboxylic acids is 1. The fourth-order valence-corrected chi connectivity index (χ4v) is 3.04. The fourth-order valence-electron chi connectivity index (χ4n) is 3.04. The molecule has 1 aliphatic heterocycles. The van der Waals surface area contributed by atoms with Gasteiger partial charge in [0.15, 0.2) is 0 Å². The van der Waals surface area contributed by atoms with Gasteiger partial charge in [0.25, 0.3) is 0 Å². The van der Waals surface area contributed by atoms with E-state index in [-0.39, 0.29) is 12.0 Å². The topological polar surface area (TPSA) is 43.8 Å². The molecule has 0 aliphatic carbocycles. The molecular formula is C12H24N2O2. The molecule has 1 aliphatic rings. The molecule has 0 aromatic heterocycles. The zero-order valence-corrected chi connectivity index (χ0v) is 10.9. The minimum Gasteiger partial charge on any atom is -0.481 e. The van der Waals surface area contributed by atoms with Gasteiger partial charge in [-0.05, 0) is 33.5 Å². The van der Waals surface area contributed by atoms with Gasteiger partial charge in [0, 0.05) is 18.1 Å². The second-order valence-electron chi connectivity index (χ2n) is 4.94. The standard InChI is InChI=1S/C12H24N2O2/c1-5-14(6-2)12(8-11(15)16)7-10(3)13(4)9-12/h10H,5-9H2,1-4H3,(H,15,16). The molecule has 1 N–H and O–H groups in total. The summed E-state index contributed by atoms with van der Waals surface area (Å²) in [5.74, 6) is -0.686. The minimum atomic E-state index is -0.686. The van der Waals surface area contributed by atoms with Crippen LogP contribution in [0.4, 0.5) is 0 Å². The number of nitrogens with zero attached hydrogens (tertiary/aromatic N) is 2. The van der Waals surface area contributed by atoms with Crippen LogP contribution < -0.4 is 0 Å². The smallest absolute Gasteiger partial charge is 0.305 e. The average molecular weight is 228 g/mol. The van der Waals surface area contributed by atoms with E-state index in [1.807, 2.05) is 0 Å². The van der Waals surface area contributed by atoms with Crippen LogP contribution in [0.2, 0.25) is 0 Å². The van der Waals surface area contributed by atoms with Gasteiger partial charge in [0.1, 0.15) is 0 Å². The van der Waals surface area contributed by atoms with E-state index in [2.05, 4.69) is 37.6 Å². The molecule has 2 unspecified atom stereocenters. The molecule has 4 nitrogen and oxygen atoms in total. The van der Waals surface area contributed by atoms with Crippen molar-refractivity contribution < 1.29 is 9.90 Å². The number of hydrogen-bond donors (Lipinski definition) is 1. The van der Waals surface area contributed by atoms with Crippen LogP contribution in [-0.4, -0.2) is 59.1 Å². The number of rotatable bonds is 5. The molecule has 0 amide bonds. The van der Waals surface area contributed by atoms with Crippen molar-refractivity contribution >= 4 is 5.97 Å². The first-order valence-electron chi connectivity index (χ1n) is 6.12. The lowest BCUT2D eigenvalue weighted by atomic mass is 9.90. The van der Waals surface area contributed by atoms with Gasteiger partial charge < -0.3 is 10.0 Å². The lowest BCUT2D eigenvalue weighted by Gasteiger charge is -2.39. The molecule has 16 heavy (non-hydrogen) atoms. The maximum atomic E-state index is 11.1. The van der Waals surface area contributed by atoms with Crippen molar-refractivity contribution in [3.63, 3.8) is 0 Å². The Morgan fingerprint density at radius 3 is 2.38 bits per heavy atom. The Morgan fingerprint density at radius 1 is 1.50 bits per heavy atom. The third-order valence-electron chi connectivity index (χ3n) is 3.89. The molecule has 0 aromatic rings. The summed E-state index contributed by atoms with van der Waals surface area (Å²) >= 11 is 0. The Bertz CT molecular complexity index is 241. The van der Waals surface area contributed by atoms with Gasteiger partial charge >= 0.3 is 5.97 Å². The van der Waals surface area contributed by atoms with Crippen molar-refractivity contribution in [2.75, 3.05) is 26.7 Å². The minimum absolute atomic E-state index is 0.163. The van der Waals surface area contributed by atoms with Crippen molar-refractivity contribution in [1.29, 1.82) is 0 Å². The highest BCUT2D eigenvalue weighted by Crippen LogP contribution is 2.34. The predicted molar refractivity (Wildman–Crippen MR) is 64.6 cm³/mol. The molecule has 4 heteroatoms. The first kappa shape index (κ1) is 13.5. The monoisotopic (exact) mass is 228 g/mol. The summed E-state index contributed by atoms with van der Waals surface area (Å²) < 4.78 is 0. The maximum absolute atomic E-state index is 11.1. The van der Waals surface area contributed by atoms with Crippen LogP contribution in [0.1, 0.15) is 33.6 Å². The molecule has 1 heterocycles. The highest BCUT2D eigenvalue weighted by molar-refractivity contribution is 5.68. The lowest BCUT2D eigenvalue weighted by molar-refractivity contribution is -0.140. The number of carbonyl (C=O) groups is 1. The van der Waals surface area contributed by atoms with E-state index >= 15 is 0 Å². The number of likely N-dealkylation sites (N-methyl/N-ethyl adjacent to an activating group) is 2. The summed E-state index contributed by atoms with van der Waals surface area (Å²) in [7, 11) is 2.08. The van der Waals surface area contributed by atoms with Gasteiger partial charge in [0.2, 0.25) is 0 Å². The summed E-state index contributed by atoms with van der Waals surface area (Å²) in [5.41, 5.74) is -0.163. The van der Waals surface area contributed by atoms with Crippen molar-refractivity contribution in [3.8, 4) is 0 Å². The van der Waals surface area contributed by atoms with Gasteiger partial charge in [-0.3, -0.25) is 9.69 Å². The van der Waals surface area contributed by atoms with Crippen LogP contribution in [-0.2, 0) is 4.79 Å². The molecule has 0 bridgehead atoms. The quantitative estimate of drug-likeness (QED) is 0.769. The molecule has 1 fully saturated rings. The van der Waals surface area contributed by atoms with E-state index in [4.69, 9.17) is 5.11 Å². The predicted octanol–water partition coefficient (Wildman–Crippen LogP) is 1.27. The Labute approximate surface area is 98.2 Å². The Kier molecular flexibility index (Phi) is 4.33. The van der Waals surface area contributed by atoms with Crippen LogP contribution >= 0.6 is 0 Å². The van der Waals surface area contributed by atoms with Gasteiger partial charge in [-0.1, -0.05) is 13.8 Å². The van der Waals surface area contributed by atoms with Crippen LogP contribution in [0.25, 0.3) is 0 Å². The fraction of sp³-hybridized carbons (Fsp3) is 0.917. The molecule has 0 spiro atoms. The second-order valence-corrected chi connectivity index (χ2v) is 4.94. The van der Waals surface area contributed by atoms with Crippen LogP contribution in [0.3, 0.4) is 0 Å². The van der Waals surface area contributed by atoms with E-state index in [1.165, 1.54) is 0 Å². The summed E-state index contributed by atoms with van der Waals surface area (Å²) in [6.45, 7) is 9.09. The number of aliphatic carboxylic acids is 1. The molecule has 0 saturated carbocycles. The molecule has 0 radical (unpaired) electrons. The third-order valence-corrected chi connectivity index (χ3v) is 3.89. The number of carboxylic acid groups (broad SMARTS) is 1. The molecule has 1 saturated heterocycles. The van der Waals surface area contributed by atoms with Crippen molar-refractivity contribution in [3.05, 3.63) is 0 Å². The molecule has 0 aromatic carbocycles. The SMILES string of the molecule is CCN(CC)C1(CC(=O)O)CC(C)N(C)C1. The van der Waals surface area contributed by atoms with Crippen molar-refractivity contribution in [2.24, 2.45) is 0 Å². The van der Waals surface area contributed by atoms with Gasteiger partial charge in [0.05, 0.1) is 6.42 Å². The number of likely N-dealkylation sites (tertiary alicyclic amines) is 1. The molecular weight excluding hydrogens is 204 g/mol. The van der Waals surface area contributed by atoms with Crippen LogP contribution in [0, 0.1) is 0 Å². The maximum Gasteiger partial charge on any atom is 0.305 e. The third kappa shape index (κ3) is 2.55. The zero-order chi connectivity index (χ0) is 12.3.